The van der Waals surface area contributed by atoms with E-state index in [1.807, 2.05) is 18.2 Å². The molecular formula is C24H21Cl2N3O3. The summed E-state index contributed by atoms with van der Waals surface area (Å²) in [5.41, 5.74) is 3.27. The van der Waals surface area contributed by atoms with Crippen LogP contribution in [0.4, 0.5) is 0 Å². The largest absolute Gasteiger partial charge is 0.493 e. The lowest BCUT2D eigenvalue weighted by atomic mass is 10.1. The van der Waals surface area contributed by atoms with Crippen molar-refractivity contribution < 1.29 is 14.3 Å². The van der Waals surface area contributed by atoms with Crippen LogP contribution in [0.25, 0.3) is 10.9 Å². The number of hydrogen-bond donors (Lipinski definition) is 2. The lowest BCUT2D eigenvalue weighted by molar-refractivity contribution is 0.0950. The Morgan fingerprint density at radius 2 is 1.97 bits per heavy atom. The highest BCUT2D eigenvalue weighted by atomic mass is 35.5. The number of nitrogens with one attached hydrogen (secondary N) is 2. The maximum absolute atomic E-state index is 12.7. The average molecular weight is 470 g/mol. The van der Waals surface area contributed by atoms with Crippen LogP contribution in [0.1, 0.15) is 21.6 Å². The Morgan fingerprint density at radius 1 is 1.09 bits per heavy atom. The van der Waals surface area contributed by atoms with Gasteiger partial charge in [-0.2, -0.15) is 0 Å². The van der Waals surface area contributed by atoms with Crippen LogP contribution < -0.4 is 14.8 Å². The second-order valence-corrected chi connectivity index (χ2v) is 7.98. The van der Waals surface area contributed by atoms with Crippen molar-refractivity contribution in [3.63, 3.8) is 0 Å². The average Bonchev–Trinajstić information content (AvgIpc) is 3.22. The number of aromatic amines is 1. The van der Waals surface area contributed by atoms with Crippen molar-refractivity contribution in [2.75, 3.05) is 13.7 Å². The van der Waals surface area contributed by atoms with Gasteiger partial charge in [-0.25, -0.2) is 0 Å². The summed E-state index contributed by atoms with van der Waals surface area (Å²) in [5.74, 6) is 0.823. The van der Waals surface area contributed by atoms with Gasteiger partial charge >= 0.3 is 0 Å². The molecule has 0 spiro atoms. The highest BCUT2D eigenvalue weighted by Crippen LogP contribution is 2.29. The first-order chi connectivity index (χ1) is 15.5. The topological polar surface area (TPSA) is 76.2 Å². The molecule has 0 atom stereocenters. The van der Waals surface area contributed by atoms with Gasteiger partial charge in [0.1, 0.15) is 0 Å². The molecule has 0 aliphatic heterocycles. The zero-order valence-corrected chi connectivity index (χ0v) is 18.8. The van der Waals surface area contributed by atoms with Crippen LogP contribution in [-0.2, 0) is 13.0 Å². The van der Waals surface area contributed by atoms with E-state index in [-0.39, 0.29) is 5.91 Å². The van der Waals surface area contributed by atoms with Crippen molar-refractivity contribution in [3.8, 4) is 11.5 Å². The Morgan fingerprint density at radius 3 is 2.75 bits per heavy atom. The number of hydrogen-bond acceptors (Lipinski definition) is 4. The predicted octanol–water partition coefficient (Wildman–Crippen LogP) is 5.43. The smallest absolute Gasteiger partial charge is 0.251 e. The lowest BCUT2D eigenvalue weighted by Gasteiger charge is -2.13. The fraction of sp³-hybridized carbons (Fsp3) is 0.167. The molecule has 0 saturated carbocycles. The number of carbonyl (C=O) groups excluding carboxylic acids is 1. The normalized spacial score (nSPS) is 10.8. The molecule has 0 aliphatic rings. The van der Waals surface area contributed by atoms with Gasteiger partial charge in [0, 0.05) is 51.0 Å². The zero-order valence-electron chi connectivity index (χ0n) is 17.3. The van der Waals surface area contributed by atoms with E-state index in [4.69, 9.17) is 32.7 Å². The van der Waals surface area contributed by atoms with Gasteiger partial charge in [0.2, 0.25) is 0 Å². The molecule has 2 heterocycles. The van der Waals surface area contributed by atoms with Crippen molar-refractivity contribution in [2.45, 2.75) is 13.0 Å². The number of carbonyl (C=O) groups is 1. The maximum Gasteiger partial charge on any atom is 0.251 e. The third-order valence-electron chi connectivity index (χ3n) is 4.99. The van der Waals surface area contributed by atoms with Gasteiger partial charge in [0.25, 0.3) is 5.91 Å². The Kier molecular flexibility index (Phi) is 6.83. The van der Waals surface area contributed by atoms with Crippen LogP contribution >= 0.6 is 23.2 Å². The SMILES string of the molecule is COc1ccc(C(=O)NCc2cc3cnccc3[nH]2)cc1OCCc1ccc(Cl)cc1Cl. The van der Waals surface area contributed by atoms with Crippen LogP contribution in [-0.4, -0.2) is 29.6 Å². The second kappa shape index (κ2) is 9.94. The summed E-state index contributed by atoms with van der Waals surface area (Å²) in [5, 5.41) is 5.10. The van der Waals surface area contributed by atoms with E-state index >= 15 is 0 Å². The molecule has 0 saturated heterocycles. The van der Waals surface area contributed by atoms with Crippen LogP contribution in [0.5, 0.6) is 11.5 Å². The van der Waals surface area contributed by atoms with E-state index in [0.29, 0.717) is 46.7 Å². The number of amides is 1. The lowest BCUT2D eigenvalue weighted by Crippen LogP contribution is -2.23. The number of halogens is 2. The van der Waals surface area contributed by atoms with Gasteiger partial charge in [0.05, 0.1) is 20.3 Å². The summed E-state index contributed by atoms with van der Waals surface area (Å²) in [6.45, 7) is 0.733. The summed E-state index contributed by atoms with van der Waals surface area (Å²) < 4.78 is 11.3. The minimum absolute atomic E-state index is 0.213. The summed E-state index contributed by atoms with van der Waals surface area (Å²) in [6, 6.07) is 14.3. The molecule has 4 aromatic rings. The molecule has 0 fully saturated rings. The molecule has 8 heteroatoms. The number of benzene rings is 2. The van der Waals surface area contributed by atoms with Crippen LogP contribution in [0.2, 0.25) is 10.0 Å². The molecule has 2 aromatic heterocycles. The summed E-state index contributed by atoms with van der Waals surface area (Å²) >= 11 is 12.2. The molecule has 32 heavy (non-hydrogen) atoms. The molecule has 2 aromatic carbocycles. The van der Waals surface area contributed by atoms with E-state index in [0.717, 1.165) is 22.2 Å². The van der Waals surface area contributed by atoms with Gasteiger partial charge in [-0.05, 0) is 48.0 Å². The molecule has 6 nitrogen and oxygen atoms in total. The monoisotopic (exact) mass is 469 g/mol. The predicted molar refractivity (Wildman–Crippen MR) is 126 cm³/mol. The summed E-state index contributed by atoms with van der Waals surface area (Å²) in [6.07, 6.45) is 4.09. The van der Waals surface area contributed by atoms with Crippen molar-refractivity contribution >= 4 is 40.0 Å². The molecule has 0 radical (unpaired) electrons. The third kappa shape index (κ3) is 5.15. The quantitative estimate of drug-likeness (QED) is 0.360. The second-order valence-electron chi connectivity index (χ2n) is 7.14. The first-order valence-corrected chi connectivity index (χ1v) is 10.7. The Labute approximate surface area is 195 Å². The van der Waals surface area contributed by atoms with Crippen LogP contribution in [0, 0.1) is 0 Å². The van der Waals surface area contributed by atoms with Gasteiger partial charge in [-0.1, -0.05) is 29.3 Å². The number of fused-ring (bicyclic) bond motifs is 1. The van der Waals surface area contributed by atoms with E-state index < -0.39 is 0 Å². The van der Waals surface area contributed by atoms with E-state index in [1.54, 1.807) is 49.8 Å². The number of aromatic nitrogens is 2. The van der Waals surface area contributed by atoms with Crippen molar-refractivity contribution in [1.82, 2.24) is 15.3 Å². The number of pyridine rings is 1. The van der Waals surface area contributed by atoms with Crippen molar-refractivity contribution in [1.29, 1.82) is 0 Å². The molecule has 2 N–H and O–H groups in total. The van der Waals surface area contributed by atoms with Gasteiger partial charge < -0.3 is 19.8 Å². The van der Waals surface area contributed by atoms with Crippen molar-refractivity contribution in [2.24, 2.45) is 0 Å². The van der Waals surface area contributed by atoms with Gasteiger partial charge in [-0.15, -0.1) is 0 Å². The molecule has 0 bridgehead atoms. The third-order valence-corrected chi connectivity index (χ3v) is 5.57. The van der Waals surface area contributed by atoms with Crippen LogP contribution in [0.3, 0.4) is 0 Å². The summed E-state index contributed by atoms with van der Waals surface area (Å²) in [4.78, 5) is 20.1. The highest BCUT2D eigenvalue weighted by Gasteiger charge is 2.12. The Balaban J connectivity index is 1.40. The number of nitrogens with zero attached hydrogens (tertiary/aromatic N) is 1. The number of rotatable bonds is 8. The van der Waals surface area contributed by atoms with Crippen molar-refractivity contribution in [3.05, 3.63) is 87.8 Å². The highest BCUT2D eigenvalue weighted by molar-refractivity contribution is 6.35. The first kappa shape index (κ1) is 22.0. The van der Waals surface area contributed by atoms with E-state index in [2.05, 4.69) is 15.3 Å². The number of ether oxygens (including phenoxy) is 2. The van der Waals surface area contributed by atoms with Gasteiger partial charge in [-0.3, -0.25) is 9.78 Å². The zero-order chi connectivity index (χ0) is 22.5. The Bertz CT molecular complexity index is 1220. The molecule has 0 aliphatic carbocycles. The standard InChI is InChI=1S/C24H21Cl2N3O3/c1-31-22-5-3-16(11-23(22)32-9-7-15-2-4-18(25)12-20(15)26)24(30)28-14-19-10-17-13-27-8-6-21(17)29-19/h2-6,8,10-13,29H,7,9,14H2,1H3,(H,28,30). The molecule has 4 rings (SSSR count). The fourth-order valence-corrected chi connectivity index (χ4v) is 3.83. The van der Waals surface area contributed by atoms with Gasteiger partial charge in [0.15, 0.2) is 11.5 Å². The molecule has 1 amide bonds. The minimum Gasteiger partial charge on any atom is -0.493 e. The minimum atomic E-state index is -0.213. The molecule has 164 valence electrons. The van der Waals surface area contributed by atoms with E-state index in [1.165, 1.54) is 0 Å². The van der Waals surface area contributed by atoms with E-state index in [9.17, 15) is 4.79 Å². The fourth-order valence-electron chi connectivity index (χ4n) is 3.33. The first-order valence-electron chi connectivity index (χ1n) is 9.98. The molecular weight excluding hydrogens is 449 g/mol. The summed E-state index contributed by atoms with van der Waals surface area (Å²) in [7, 11) is 1.56. The maximum atomic E-state index is 12.7. The number of H-pyrrole nitrogens is 1. The molecule has 0 unspecified atom stereocenters. The Hall–Kier alpha value is -3.22. The van der Waals surface area contributed by atoms with Crippen LogP contribution in [0.15, 0.2) is 60.9 Å². The number of methoxy groups -OCH3 is 1.